The molecule has 0 bridgehead atoms. The maximum atomic E-state index is 12.7. The fraction of sp³-hybridized carbons (Fsp3) is 0.333. The molecule has 0 fully saturated rings. The molecule has 0 heterocycles. The standard InChI is InChI=1S/C21H25BrN2O3S/c1-4-5-12-26-19-9-7-6-8-17(19)23-21(28)24-20(25)16-13-15(22)10-11-18(16)27-14(2)3/h6-11,13-14H,4-5,12H2,1-3H3,(H2,23,24,25,28). The number of benzene rings is 2. The Morgan fingerprint density at radius 3 is 2.64 bits per heavy atom. The van der Waals surface area contributed by atoms with Gasteiger partial charge in [-0.1, -0.05) is 41.4 Å². The maximum absolute atomic E-state index is 12.7. The van der Waals surface area contributed by atoms with Crippen molar-refractivity contribution in [2.75, 3.05) is 11.9 Å². The lowest BCUT2D eigenvalue weighted by Gasteiger charge is -2.16. The van der Waals surface area contributed by atoms with Crippen LogP contribution in [-0.4, -0.2) is 23.7 Å². The molecule has 0 aliphatic heterocycles. The number of carbonyl (C=O) groups excluding carboxylic acids is 1. The van der Waals surface area contributed by atoms with Gasteiger partial charge in [-0.25, -0.2) is 0 Å². The van der Waals surface area contributed by atoms with E-state index in [1.807, 2.05) is 44.2 Å². The number of ether oxygens (including phenoxy) is 2. The number of hydrogen-bond donors (Lipinski definition) is 2. The van der Waals surface area contributed by atoms with E-state index < -0.39 is 0 Å². The minimum Gasteiger partial charge on any atom is -0.491 e. The fourth-order valence-electron chi connectivity index (χ4n) is 2.38. The Bertz CT molecular complexity index is 827. The summed E-state index contributed by atoms with van der Waals surface area (Å²) < 4.78 is 12.3. The van der Waals surface area contributed by atoms with Crippen LogP contribution < -0.4 is 20.1 Å². The number of para-hydroxylation sites is 2. The van der Waals surface area contributed by atoms with E-state index in [0.717, 1.165) is 17.3 Å². The van der Waals surface area contributed by atoms with Gasteiger partial charge < -0.3 is 14.8 Å². The lowest BCUT2D eigenvalue weighted by Crippen LogP contribution is -2.34. The zero-order valence-electron chi connectivity index (χ0n) is 16.3. The largest absolute Gasteiger partial charge is 0.491 e. The van der Waals surface area contributed by atoms with Gasteiger partial charge in [-0.2, -0.15) is 0 Å². The van der Waals surface area contributed by atoms with Crippen molar-refractivity contribution >= 4 is 44.9 Å². The van der Waals surface area contributed by atoms with Crippen molar-refractivity contribution in [2.24, 2.45) is 0 Å². The first-order chi connectivity index (χ1) is 13.4. The molecule has 28 heavy (non-hydrogen) atoms. The van der Waals surface area contributed by atoms with Gasteiger partial charge in [-0.15, -0.1) is 0 Å². The molecule has 1 amide bonds. The Morgan fingerprint density at radius 2 is 1.93 bits per heavy atom. The molecule has 2 rings (SSSR count). The van der Waals surface area contributed by atoms with Crippen molar-refractivity contribution in [1.29, 1.82) is 0 Å². The second-order valence-electron chi connectivity index (χ2n) is 6.41. The highest BCUT2D eigenvalue weighted by Crippen LogP contribution is 2.25. The SMILES string of the molecule is CCCCOc1ccccc1NC(=S)NC(=O)c1cc(Br)ccc1OC(C)C. The summed E-state index contributed by atoms with van der Waals surface area (Å²) in [6.45, 7) is 6.55. The molecule has 2 aromatic carbocycles. The van der Waals surface area contributed by atoms with Crippen LogP contribution in [0.2, 0.25) is 0 Å². The van der Waals surface area contributed by atoms with Crippen LogP contribution in [0.25, 0.3) is 0 Å². The van der Waals surface area contributed by atoms with E-state index in [4.69, 9.17) is 21.7 Å². The van der Waals surface area contributed by atoms with Gasteiger partial charge in [0.1, 0.15) is 11.5 Å². The Balaban J connectivity index is 2.08. The number of halogens is 1. The third kappa shape index (κ3) is 6.80. The minimum absolute atomic E-state index is 0.0510. The monoisotopic (exact) mass is 464 g/mol. The zero-order valence-corrected chi connectivity index (χ0v) is 18.7. The lowest BCUT2D eigenvalue weighted by molar-refractivity contribution is 0.0972. The number of carbonyl (C=O) groups is 1. The molecule has 5 nitrogen and oxygen atoms in total. The van der Waals surface area contributed by atoms with E-state index in [-0.39, 0.29) is 17.1 Å². The Labute approximate surface area is 179 Å². The van der Waals surface area contributed by atoms with Crippen LogP contribution in [0.3, 0.4) is 0 Å². The molecular formula is C21H25BrN2O3S. The second-order valence-corrected chi connectivity index (χ2v) is 7.74. The summed E-state index contributed by atoms with van der Waals surface area (Å²) in [5, 5.41) is 5.93. The highest BCUT2D eigenvalue weighted by molar-refractivity contribution is 9.10. The number of unbranched alkanes of at least 4 members (excludes halogenated alkanes) is 1. The third-order valence-corrected chi connectivity index (χ3v) is 4.36. The molecule has 0 saturated heterocycles. The van der Waals surface area contributed by atoms with Crippen molar-refractivity contribution in [1.82, 2.24) is 5.32 Å². The summed E-state index contributed by atoms with van der Waals surface area (Å²) >= 11 is 8.71. The normalized spacial score (nSPS) is 10.5. The predicted molar refractivity (Wildman–Crippen MR) is 120 cm³/mol. The first kappa shape index (κ1) is 22.2. The van der Waals surface area contributed by atoms with E-state index in [0.29, 0.717) is 29.4 Å². The molecule has 2 N–H and O–H groups in total. The molecule has 0 aliphatic rings. The molecule has 150 valence electrons. The van der Waals surface area contributed by atoms with E-state index in [9.17, 15) is 4.79 Å². The number of thiocarbonyl (C=S) groups is 1. The summed E-state index contributed by atoms with van der Waals surface area (Å²) in [6, 6.07) is 12.8. The summed E-state index contributed by atoms with van der Waals surface area (Å²) in [5.74, 6) is 0.847. The molecule has 0 saturated carbocycles. The molecule has 7 heteroatoms. The van der Waals surface area contributed by atoms with Crippen molar-refractivity contribution in [3.8, 4) is 11.5 Å². The van der Waals surface area contributed by atoms with E-state index in [1.165, 1.54) is 0 Å². The van der Waals surface area contributed by atoms with Crippen molar-refractivity contribution in [3.05, 3.63) is 52.5 Å². The molecule has 2 aromatic rings. The molecule has 0 atom stereocenters. The van der Waals surface area contributed by atoms with Crippen LogP contribution in [0, 0.1) is 0 Å². The van der Waals surface area contributed by atoms with Crippen LogP contribution in [0.15, 0.2) is 46.9 Å². The van der Waals surface area contributed by atoms with Gasteiger partial charge in [-0.3, -0.25) is 10.1 Å². The van der Waals surface area contributed by atoms with Crippen LogP contribution >= 0.6 is 28.1 Å². The second kappa shape index (κ2) is 11.0. The predicted octanol–water partition coefficient (Wildman–Crippen LogP) is 5.54. The van der Waals surface area contributed by atoms with Gasteiger partial charge in [-0.05, 0) is 62.8 Å². The molecule has 0 spiro atoms. The van der Waals surface area contributed by atoms with Gasteiger partial charge in [0, 0.05) is 4.47 Å². The number of nitrogens with one attached hydrogen (secondary N) is 2. The smallest absolute Gasteiger partial charge is 0.261 e. The van der Waals surface area contributed by atoms with E-state index >= 15 is 0 Å². The first-order valence-corrected chi connectivity index (χ1v) is 10.4. The maximum Gasteiger partial charge on any atom is 0.261 e. The first-order valence-electron chi connectivity index (χ1n) is 9.21. The average molecular weight is 465 g/mol. The number of rotatable bonds is 8. The highest BCUT2D eigenvalue weighted by Gasteiger charge is 2.16. The van der Waals surface area contributed by atoms with Gasteiger partial charge in [0.25, 0.3) is 5.91 Å². The van der Waals surface area contributed by atoms with Crippen molar-refractivity contribution in [2.45, 2.75) is 39.7 Å². The van der Waals surface area contributed by atoms with Crippen LogP contribution in [0.4, 0.5) is 5.69 Å². The molecule has 0 unspecified atom stereocenters. The summed E-state index contributed by atoms with van der Waals surface area (Å²) in [7, 11) is 0. The third-order valence-electron chi connectivity index (χ3n) is 3.67. The quantitative estimate of drug-likeness (QED) is 0.396. The Morgan fingerprint density at radius 1 is 1.18 bits per heavy atom. The Kier molecular flexibility index (Phi) is 8.73. The van der Waals surface area contributed by atoms with Gasteiger partial charge in [0.2, 0.25) is 0 Å². The summed E-state index contributed by atoms with van der Waals surface area (Å²) in [4.78, 5) is 12.7. The highest BCUT2D eigenvalue weighted by atomic mass is 79.9. The summed E-state index contributed by atoms with van der Waals surface area (Å²) in [6.07, 6.45) is 1.97. The molecular weight excluding hydrogens is 440 g/mol. The van der Waals surface area contributed by atoms with Crippen LogP contribution in [0.1, 0.15) is 44.0 Å². The van der Waals surface area contributed by atoms with Gasteiger partial charge >= 0.3 is 0 Å². The van der Waals surface area contributed by atoms with Crippen LogP contribution in [0.5, 0.6) is 11.5 Å². The number of amides is 1. The van der Waals surface area contributed by atoms with Crippen molar-refractivity contribution < 1.29 is 14.3 Å². The topological polar surface area (TPSA) is 59.6 Å². The van der Waals surface area contributed by atoms with Crippen LogP contribution in [-0.2, 0) is 0 Å². The minimum atomic E-state index is -0.348. The van der Waals surface area contributed by atoms with Gasteiger partial charge in [0.05, 0.1) is 24.0 Å². The zero-order chi connectivity index (χ0) is 20.5. The number of anilines is 1. The molecule has 0 radical (unpaired) electrons. The molecule has 0 aromatic heterocycles. The fourth-order valence-corrected chi connectivity index (χ4v) is 2.95. The molecule has 0 aliphatic carbocycles. The average Bonchev–Trinajstić information content (AvgIpc) is 2.64. The van der Waals surface area contributed by atoms with E-state index in [1.54, 1.807) is 12.1 Å². The van der Waals surface area contributed by atoms with Crippen molar-refractivity contribution in [3.63, 3.8) is 0 Å². The number of hydrogen-bond acceptors (Lipinski definition) is 4. The summed E-state index contributed by atoms with van der Waals surface area (Å²) in [5.41, 5.74) is 1.11. The lowest BCUT2D eigenvalue weighted by atomic mass is 10.2. The van der Waals surface area contributed by atoms with E-state index in [2.05, 4.69) is 33.5 Å². The Hall–Kier alpha value is -2.12. The van der Waals surface area contributed by atoms with Gasteiger partial charge in [0.15, 0.2) is 5.11 Å².